The third-order valence-electron chi connectivity index (χ3n) is 2.06. The molecule has 13 heavy (non-hydrogen) atoms. The van der Waals surface area contributed by atoms with E-state index < -0.39 is 27.0 Å². The summed E-state index contributed by atoms with van der Waals surface area (Å²) in [5, 5.41) is 0. The summed E-state index contributed by atoms with van der Waals surface area (Å²) in [6.45, 7) is 4.47. The standard InChI is InChI=1S/C8H16FNO2S/c1-7(2,3)10-13(11,12)8(6-9)4-5-8/h10H,4-6H2,1-3H3. The lowest BCUT2D eigenvalue weighted by atomic mass is 10.1. The third kappa shape index (κ3) is 2.20. The van der Waals surface area contributed by atoms with E-state index in [4.69, 9.17) is 0 Å². The van der Waals surface area contributed by atoms with Gasteiger partial charge in [-0.25, -0.2) is 17.5 Å². The third-order valence-corrected chi connectivity index (χ3v) is 4.60. The van der Waals surface area contributed by atoms with Crippen molar-refractivity contribution in [2.75, 3.05) is 6.67 Å². The first-order valence-electron chi connectivity index (χ1n) is 4.32. The number of alkyl halides is 1. The smallest absolute Gasteiger partial charge is 0.220 e. The minimum absolute atomic E-state index is 0.439. The molecule has 0 bridgehead atoms. The average Bonchev–Trinajstić information content (AvgIpc) is 2.59. The Morgan fingerprint density at radius 2 is 1.85 bits per heavy atom. The van der Waals surface area contributed by atoms with E-state index in [1.165, 1.54) is 0 Å². The number of nitrogens with one attached hydrogen (secondary N) is 1. The SMILES string of the molecule is CC(C)(C)NS(=O)(=O)C1(CF)CC1. The lowest BCUT2D eigenvalue weighted by Crippen LogP contribution is -2.47. The summed E-state index contributed by atoms with van der Waals surface area (Å²) >= 11 is 0. The molecule has 0 aromatic rings. The summed E-state index contributed by atoms with van der Waals surface area (Å²) in [5.74, 6) is 0. The number of hydrogen-bond acceptors (Lipinski definition) is 2. The lowest BCUT2D eigenvalue weighted by molar-refractivity contribution is 0.436. The molecule has 0 aromatic heterocycles. The zero-order valence-electron chi connectivity index (χ0n) is 8.22. The van der Waals surface area contributed by atoms with Gasteiger partial charge in [0.25, 0.3) is 0 Å². The van der Waals surface area contributed by atoms with Gasteiger partial charge in [-0.05, 0) is 33.6 Å². The molecule has 0 unspecified atom stereocenters. The van der Waals surface area contributed by atoms with Crippen LogP contribution in [0.2, 0.25) is 0 Å². The van der Waals surface area contributed by atoms with E-state index in [1.54, 1.807) is 20.8 Å². The molecule has 1 aliphatic rings. The van der Waals surface area contributed by atoms with Crippen LogP contribution in [0, 0.1) is 0 Å². The van der Waals surface area contributed by atoms with Gasteiger partial charge in [0, 0.05) is 5.54 Å². The first-order chi connectivity index (χ1) is 5.72. The molecule has 0 spiro atoms. The molecule has 0 aromatic carbocycles. The molecular formula is C8H16FNO2S. The van der Waals surface area contributed by atoms with Crippen molar-refractivity contribution in [3.05, 3.63) is 0 Å². The molecule has 1 N–H and O–H groups in total. The van der Waals surface area contributed by atoms with Gasteiger partial charge in [-0.2, -0.15) is 0 Å². The molecule has 78 valence electrons. The van der Waals surface area contributed by atoms with E-state index in [0.29, 0.717) is 12.8 Å². The maximum atomic E-state index is 12.5. The predicted octanol–water partition coefficient (Wildman–Crippen LogP) is 1.21. The number of sulfonamides is 1. The fourth-order valence-electron chi connectivity index (χ4n) is 1.12. The first-order valence-corrected chi connectivity index (χ1v) is 5.80. The van der Waals surface area contributed by atoms with Crippen molar-refractivity contribution >= 4 is 10.0 Å². The van der Waals surface area contributed by atoms with Crippen LogP contribution >= 0.6 is 0 Å². The van der Waals surface area contributed by atoms with Gasteiger partial charge < -0.3 is 0 Å². The molecule has 0 saturated heterocycles. The molecule has 0 atom stereocenters. The number of halogens is 1. The van der Waals surface area contributed by atoms with Gasteiger partial charge in [0.15, 0.2) is 0 Å². The Bertz CT molecular complexity index is 288. The van der Waals surface area contributed by atoms with Crippen LogP contribution in [0.3, 0.4) is 0 Å². The molecule has 1 fully saturated rings. The van der Waals surface area contributed by atoms with Crippen LogP contribution in [-0.2, 0) is 10.0 Å². The Morgan fingerprint density at radius 1 is 1.38 bits per heavy atom. The first kappa shape index (κ1) is 10.9. The van der Waals surface area contributed by atoms with E-state index in [1.807, 2.05) is 0 Å². The summed E-state index contributed by atoms with van der Waals surface area (Å²) in [6, 6.07) is 0. The van der Waals surface area contributed by atoms with Crippen molar-refractivity contribution in [1.82, 2.24) is 4.72 Å². The van der Waals surface area contributed by atoms with Crippen LogP contribution < -0.4 is 4.72 Å². The Balaban J connectivity index is 2.79. The van der Waals surface area contributed by atoms with E-state index >= 15 is 0 Å². The van der Waals surface area contributed by atoms with Crippen molar-refractivity contribution in [1.29, 1.82) is 0 Å². The van der Waals surface area contributed by atoms with E-state index in [2.05, 4.69) is 4.72 Å². The molecule has 3 nitrogen and oxygen atoms in total. The molecule has 0 aliphatic heterocycles. The van der Waals surface area contributed by atoms with Crippen molar-refractivity contribution in [3.63, 3.8) is 0 Å². The molecule has 1 saturated carbocycles. The van der Waals surface area contributed by atoms with Crippen molar-refractivity contribution < 1.29 is 12.8 Å². The fraction of sp³-hybridized carbons (Fsp3) is 1.00. The summed E-state index contributed by atoms with van der Waals surface area (Å²) in [5.41, 5.74) is -0.524. The Kier molecular flexibility index (Phi) is 2.45. The van der Waals surface area contributed by atoms with Gasteiger partial charge >= 0.3 is 0 Å². The van der Waals surface area contributed by atoms with Crippen molar-refractivity contribution in [3.8, 4) is 0 Å². The molecular weight excluding hydrogens is 193 g/mol. The summed E-state index contributed by atoms with van der Waals surface area (Å²) < 4.78 is 37.1. The van der Waals surface area contributed by atoms with Gasteiger partial charge in [-0.15, -0.1) is 0 Å². The highest BCUT2D eigenvalue weighted by atomic mass is 32.2. The summed E-state index contributed by atoms with van der Waals surface area (Å²) in [7, 11) is -3.48. The molecule has 0 amide bonds. The number of rotatable bonds is 3. The van der Waals surface area contributed by atoms with Gasteiger partial charge in [0.1, 0.15) is 11.4 Å². The van der Waals surface area contributed by atoms with E-state index in [0.717, 1.165) is 0 Å². The van der Waals surface area contributed by atoms with Gasteiger partial charge in [0.05, 0.1) is 0 Å². The lowest BCUT2D eigenvalue weighted by Gasteiger charge is -2.23. The summed E-state index contributed by atoms with van der Waals surface area (Å²) in [4.78, 5) is 0. The molecule has 1 rings (SSSR count). The highest BCUT2D eigenvalue weighted by Crippen LogP contribution is 2.43. The van der Waals surface area contributed by atoms with Gasteiger partial charge in [-0.1, -0.05) is 0 Å². The average molecular weight is 209 g/mol. The second kappa shape index (κ2) is 2.92. The fourth-order valence-corrected chi connectivity index (χ4v) is 2.93. The quantitative estimate of drug-likeness (QED) is 0.759. The normalized spacial score (nSPS) is 21.5. The zero-order valence-corrected chi connectivity index (χ0v) is 9.04. The van der Waals surface area contributed by atoms with Crippen molar-refractivity contribution in [2.45, 2.75) is 43.9 Å². The van der Waals surface area contributed by atoms with E-state index in [-0.39, 0.29) is 0 Å². The Hall–Kier alpha value is -0.160. The largest absolute Gasteiger partial charge is 0.249 e. The van der Waals surface area contributed by atoms with Crippen LogP contribution in [0.15, 0.2) is 0 Å². The highest BCUT2D eigenvalue weighted by molar-refractivity contribution is 7.91. The highest BCUT2D eigenvalue weighted by Gasteiger charge is 2.55. The predicted molar refractivity (Wildman–Crippen MR) is 49.7 cm³/mol. The Labute approximate surface area is 78.8 Å². The second-order valence-corrected chi connectivity index (χ2v) is 6.75. The van der Waals surface area contributed by atoms with Gasteiger partial charge in [-0.3, -0.25) is 0 Å². The maximum absolute atomic E-state index is 12.5. The van der Waals surface area contributed by atoms with Gasteiger partial charge in [0.2, 0.25) is 10.0 Å². The molecule has 5 heteroatoms. The minimum Gasteiger partial charge on any atom is -0.249 e. The van der Waals surface area contributed by atoms with Crippen LogP contribution in [0.25, 0.3) is 0 Å². The Morgan fingerprint density at radius 3 is 2.08 bits per heavy atom. The minimum atomic E-state index is -3.48. The van der Waals surface area contributed by atoms with E-state index in [9.17, 15) is 12.8 Å². The second-order valence-electron chi connectivity index (χ2n) is 4.67. The molecule has 1 aliphatic carbocycles. The number of hydrogen-bond donors (Lipinski definition) is 1. The topological polar surface area (TPSA) is 46.2 Å². The molecule has 0 radical (unpaired) electrons. The monoisotopic (exact) mass is 209 g/mol. The van der Waals surface area contributed by atoms with Crippen LogP contribution in [0.4, 0.5) is 4.39 Å². The zero-order chi connectivity index (χ0) is 10.3. The maximum Gasteiger partial charge on any atom is 0.220 e. The molecule has 0 heterocycles. The van der Waals surface area contributed by atoms with Crippen molar-refractivity contribution in [2.24, 2.45) is 0 Å². The van der Waals surface area contributed by atoms with Crippen LogP contribution in [-0.4, -0.2) is 25.4 Å². The van der Waals surface area contributed by atoms with Crippen LogP contribution in [0.5, 0.6) is 0 Å². The van der Waals surface area contributed by atoms with Crippen LogP contribution in [0.1, 0.15) is 33.6 Å². The summed E-state index contributed by atoms with van der Waals surface area (Å²) in [6.07, 6.45) is 0.879.